The van der Waals surface area contributed by atoms with Gasteiger partial charge in [-0.25, -0.2) is 0 Å². The summed E-state index contributed by atoms with van der Waals surface area (Å²) in [5.41, 5.74) is 0. The van der Waals surface area contributed by atoms with E-state index in [-0.39, 0.29) is 12.2 Å². The molecular formula is C14H30O2Se. The maximum atomic E-state index is 9.74. The number of aliphatic hydroxyl groups excluding tert-OH is 2. The van der Waals surface area contributed by atoms with Crippen molar-refractivity contribution in [1.29, 1.82) is 0 Å². The van der Waals surface area contributed by atoms with Crippen molar-refractivity contribution in [2.24, 2.45) is 0 Å². The Balaban J connectivity index is 3.29. The molecule has 0 rings (SSSR count). The molecular weight excluding hydrogens is 279 g/mol. The summed E-state index contributed by atoms with van der Waals surface area (Å²) in [5, 5.41) is 21.3. The Kier molecular flexibility index (Phi) is 13.2. The fraction of sp³-hybridized carbons (Fsp3) is 1.00. The van der Waals surface area contributed by atoms with E-state index in [2.05, 4.69) is 13.8 Å². The Morgan fingerprint density at radius 3 is 1.53 bits per heavy atom. The second-order valence-electron chi connectivity index (χ2n) is 4.84. The van der Waals surface area contributed by atoms with Gasteiger partial charge in [0.2, 0.25) is 0 Å². The molecule has 2 atom stereocenters. The van der Waals surface area contributed by atoms with Gasteiger partial charge in [0.15, 0.2) is 0 Å². The first kappa shape index (κ1) is 17.4. The van der Waals surface area contributed by atoms with Crippen LogP contribution in [0.5, 0.6) is 0 Å². The van der Waals surface area contributed by atoms with Crippen LogP contribution in [0.3, 0.4) is 0 Å². The maximum absolute atomic E-state index is 9.74. The van der Waals surface area contributed by atoms with Crippen molar-refractivity contribution >= 4 is 15.0 Å². The first-order valence-corrected chi connectivity index (χ1v) is 9.56. The zero-order valence-electron chi connectivity index (χ0n) is 11.5. The van der Waals surface area contributed by atoms with Crippen molar-refractivity contribution < 1.29 is 10.2 Å². The van der Waals surface area contributed by atoms with E-state index in [9.17, 15) is 10.2 Å². The second kappa shape index (κ2) is 12.9. The molecule has 0 aromatic carbocycles. The molecule has 0 radical (unpaired) electrons. The van der Waals surface area contributed by atoms with Gasteiger partial charge in [-0.1, -0.05) is 0 Å². The number of unbranched alkanes of at least 4 members (excludes halogenated alkanes) is 4. The number of aliphatic hydroxyl groups is 2. The van der Waals surface area contributed by atoms with Crippen molar-refractivity contribution in [3.05, 3.63) is 0 Å². The van der Waals surface area contributed by atoms with Crippen molar-refractivity contribution in [2.45, 2.75) is 88.1 Å². The van der Waals surface area contributed by atoms with Crippen molar-refractivity contribution in [3.8, 4) is 0 Å². The van der Waals surface area contributed by atoms with E-state index < -0.39 is 0 Å². The molecule has 0 amide bonds. The molecule has 0 saturated carbocycles. The summed E-state index contributed by atoms with van der Waals surface area (Å²) < 4.78 is 0. The van der Waals surface area contributed by atoms with Crippen molar-refractivity contribution in [3.63, 3.8) is 0 Å². The summed E-state index contributed by atoms with van der Waals surface area (Å²) in [6.45, 7) is 4.37. The first-order valence-electron chi connectivity index (χ1n) is 7.14. The van der Waals surface area contributed by atoms with Crippen LogP contribution in [0.4, 0.5) is 0 Å². The summed E-state index contributed by atoms with van der Waals surface area (Å²) >= 11 is 0.414. The fourth-order valence-electron chi connectivity index (χ4n) is 1.77. The molecule has 0 bridgehead atoms. The zero-order valence-corrected chi connectivity index (χ0v) is 13.2. The van der Waals surface area contributed by atoms with E-state index in [0.717, 1.165) is 36.3 Å². The molecule has 0 saturated heterocycles. The van der Waals surface area contributed by atoms with E-state index in [0.29, 0.717) is 15.0 Å². The Bertz CT molecular complexity index is 137. The molecule has 0 aromatic heterocycles. The van der Waals surface area contributed by atoms with E-state index in [4.69, 9.17) is 0 Å². The van der Waals surface area contributed by atoms with Gasteiger partial charge in [0.1, 0.15) is 0 Å². The third-order valence-electron chi connectivity index (χ3n) is 2.90. The monoisotopic (exact) mass is 310 g/mol. The second-order valence-corrected chi connectivity index (χ2v) is 7.09. The molecule has 0 heterocycles. The van der Waals surface area contributed by atoms with E-state index in [1.54, 1.807) is 0 Å². The van der Waals surface area contributed by atoms with Gasteiger partial charge in [-0.05, 0) is 0 Å². The molecule has 0 spiro atoms. The minimum atomic E-state index is -0.121. The van der Waals surface area contributed by atoms with Gasteiger partial charge < -0.3 is 0 Å². The van der Waals surface area contributed by atoms with Crippen LogP contribution in [0.2, 0.25) is 10.6 Å². The normalized spacial score (nSPS) is 14.8. The molecule has 0 aliphatic carbocycles. The fourth-order valence-corrected chi connectivity index (χ4v) is 3.89. The Morgan fingerprint density at radius 1 is 0.765 bits per heavy atom. The summed E-state index contributed by atoms with van der Waals surface area (Å²) in [6.07, 6.45) is 8.83. The average molecular weight is 309 g/mol. The molecule has 2 unspecified atom stereocenters. The molecule has 0 aromatic rings. The van der Waals surface area contributed by atoms with Gasteiger partial charge in [0.05, 0.1) is 0 Å². The third kappa shape index (κ3) is 12.7. The molecule has 0 aliphatic heterocycles. The molecule has 17 heavy (non-hydrogen) atoms. The number of rotatable bonds is 12. The van der Waals surface area contributed by atoms with Gasteiger partial charge in [-0.15, -0.1) is 0 Å². The number of hydrogen-bond donors (Lipinski definition) is 2. The molecule has 3 heteroatoms. The van der Waals surface area contributed by atoms with Gasteiger partial charge >= 0.3 is 113 Å². The van der Waals surface area contributed by atoms with Crippen LogP contribution in [0, 0.1) is 0 Å². The SMILES string of the molecule is CCCCCC(O)C[Se]CC(O)CCCCC. The van der Waals surface area contributed by atoms with Crippen LogP contribution in [0.25, 0.3) is 0 Å². The molecule has 2 nitrogen and oxygen atoms in total. The van der Waals surface area contributed by atoms with Crippen LogP contribution in [-0.4, -0.2) is 37.4 Å². The van der Waals surface area contributed by atoms with Gasteiger partial charge in [0, 0.05) is 0 Å². The van der Waals surface area contributed by atoms with E-state index >= 15 is 0 Å². The average Bonchev–Trinajstić information content (AvgIpc) is 2.30. The van der Waals surface area contributed by atoms with Crippen LogP contribution < -0.4 is 0 Å². The predicted octanol–water partition coefficient (Wildman–Crippen LogP) is 3.41. The quantitative estimate of drug-likeness (QED) is 0.428. The minimum absolute atomic E-state index is 0.121. The number of hydrogen-bond acceptors (Lipinski definition) is 2. The van der Waals surface area contributed by atoms with Crippen molar-refractivity contribution in [2.75, 3.05) is 0 Å². The predicted molar refractivity (Wildman–Crippen MR) is 75.7 cm³/mol. The summed E-state index contributed by atoms with van der Waals surface area (Å²) in [5.74, 6) is 0. The van der Waals surface area contributed by atoms with Crippen LogP contribution in [0.15, 0.2) is 0 Å². The Morgan fingerprint density at radius 2 is 1.18 bits per heavy atom. The van der Waals surface area contributed by atoms with E-state index in [1.807, 2.05) is 0 Å². The Labute approximate surface area is 113 Å². The van der Waals surface area contributed by atoms with Gasteiger partial charge in [-0.3, -0.25) is 0 Å². The van der Waals surface area contributed by atoms with Crippen LogP contribution in [0.1, 0.15) is 65.2 Å². The molecule has 2 N–H and O–H groups in total. The summed E-state index contributed by atoms with van der Waals surface area (Å²) in [7, 11) is 0. The van der Waals surface area contributed by atoms with Crippen molar-refractivity contribution in [1.82, 2.24) is 0 Å². The van der Waals surface area contributed by atoms with Crippen LogP contribution >= 0.6 is 0 Å². The topological polar surface area (TPSA) is 40.5 Å². The third-order valence-corrected chi connectivity index (χ3v) is 5.51. The summed E-state index contributed by atoms with van der Waals surface area (Å²) in [4.78, 5) is 0. The molecule has 0 aliphatic rings. The first-order chi connectivity index (χ1) is 8.20. The van der Waals surface area contributed by atoms with Crippen LogP contribution in [-0.2, 0) is 0 Å². The van der Waals surface area contributed by atoms with E-state index in [1.165, 1.54) is 25.7 Å². The zero-order chi connectivity index (χ0) is 12.9. The van der Waals surface area contributed by atoms with Gasteiger partial charge in [-0.2, -0.15) is 0 Å². The Hall–Kier alpha value is 0.439. The molecule has 0 fully saturated rings. The standard InChI is InChI=1S/C14H30O2Se/c1-3-5-7-9-13(15)11-17-12-14(16)10-8-6-4-2/h13-16H,3-12H2,1-2H3. The van der Waals surface area contributed by atoms with Gasteiger partial charge in [0.25, 0.3) is 0 Å². The summed E-state index contributed by atoms with van der Waals surface area (Å²) in [6, 6.07) is 0. The molecule has 104 valence electrons.